The number of nitro groups is 1. The Bertz CT molecular complexity index is 900. The number of nitro benzene ring substituents is 1. The summed E-state index contributed by atoms with van der Waals surface area (Å²) in [6.07, 6.45) is 1.22. The molecule has 0 aromatic heterocycles. The molecule has 0 aliphatic heterocycles. The number of nitrogens with zero attached hydrogens (tertiary/aromatic N) is 2. The van der Waals surface area contributed by atoms with Crippen LogP contribution in [-0.4, -0.2) is 19.9 Å². The van der Waals surface area contributed by atoms with Gasteiger partial charge in [-0.25, -0.2) is 17.2 Å². The molecule has 2 aromatic rings. The highest BCUT2D eigenvalue weighted by molar-refractivity contribution is 7.92. The van der Waals surface area contributed by atoms with E-state index in [1.165, 1.54) is 12.1 Å². The van der Waals surface area contributed by atoms with Crippen molar-refractivity contribution in [3.63, 3.8) is 0 Å². The molecule has 0 atom stereocenters. The summed E-state index contributed by atoms with van der Waals surface area (Å²) in [5, 5.41) is 10.8. The van der Waals surface area contributed by atoms with Crippen LogP contribution in [0.25, 0.3) is 0 Å². The molecule has 2 rings (SSSR count). The molecule has 0 bridgehead atoms. The molecular weight excluding hydrogens is 342 g/mol. The summed E-state index contributed by atoms with van der Waals surface area (Å²) in [4.78, 5) is 9.69. The Hall–Kier alpha value is -2.81. The lowest BCUT2D eigenvalue weighted by Crippen LogP contribution is -2.32. The largest absolute Gasteiger partial charge is 0.270 e. The Labute approximate surface area is 136 Å². The lowest BCUT2D eigenvalue weighted by molar-refractivity contribution is -0.385. The topological polar surface area (TPSA) is 80.5 Å². The van der Waals surface area contributed by atoms with Crippen LogP contribution in [0, 0.1) is 21.7 Å². The fourth-order valence-corrected chi connectivity index (χ4v) is 3.49. The second-order valence-corrected chi connectivity index (χ2v) is 6.54. The zero-order valence-electron chi connectivity index (χ0n) is 12.2. The van der Waals surface area contributed by atoms with Crippen molar-refractivity contribution < 1.29 is 22.1 Å². The van der Waals surface area contributed by atoms with Crippen molar-refractivity contribution in [3.8, 4) is 0 Å². The van der Waals surface area contributed by atoms with E-state index in [-0.39, 0.29) is 17.1 Å². The summed E-state index contributed by atoms with van der Waals surface area (Å²) in [7, 11) is -4.31. The van der Waals surface area contributed by atoms with Gasteiger partial charge < -0.3 is 0 Å². The normalized spacial score (nSPS) is 11.1. The minimum absolute atomic E-state index is 0.298. The minimum Gasteiger partial charge on any atom is -0.260 e. The zero-order valence-corrected chi connectivity index (χ0v) is 13.0. The van der Waals surface area contributed by atoms with Crippen molar-refractivity contribution in [1.82, 2.24) is 0 Å². The van der Waals surface area contributed by atoms with Gasteiger partial charge in [-0.2, -0.15) is 0 Å². The van der Waals surface area contributed by atoms with Gasteiger partial charge >= 0.3 is 0 Å². The molecular formula is C15H12F2N2O4S. The average Bonchev–Trinajstić information content (AvgIpc) is 2.53. The van der Waals surface area contributed by atoms with Gasteiger partial charge in [-0.1, -0.05) is 12.1 Å². The summed E-state index contributed by atoms with van der Waals surface area (Å²) < 4.78 is 53.2. The number of sulfonamides is 1. The van der Waals surface area contributed by atoms with Crippen molar-refractivity contribution in [2.75, 3.05) is 10.8 Å². The third kappa shape index (κ3) is 3.40. The van der Waals surface area contributed by atoms with Gasteiger partial charge in [0.1, 0.15) is 11.6 Å². The molecule has 9 heteroatoms. The van der Waals surface area contributed by atoms with Gasteiger partial charge in [0.15, 0.2) is 0 Å². The van der Waals surface area contributed by atoms with Crippen LogP contribution in [0.5, 0.6) is 0 Å². The van der Waals surface area contributed by atoms with Gasteiger partial charge in [-0.15, -0.1) is 6.58 Å². The molecule has 126 valence electrons. The van der Waals surface area contributed by atoms with E-state index in [9.17, 15) is 27.3 Å². The maximum absolute atomic E-state index is 14.0. The number of hydrogen-bond donors (Lipinski definition) is 0. The fraction of sp³-hybridized carbons (Fsp3) is 0.0667. The van der Waals surface area contributed by atoms with Gasteiger partial charge in [0, 0.05) is 18.2 Å². The predicted octanol–water partition coefficient (Wildman–Crippen LogP) is 3.25. The Morgan fingerprint density at radius 1 is 1.21 bits per heavy atom. The van der Waals surface area contributed by atoms with E-state index < -0.39 is 32.3 Å². The van der Waals surface area contributed by atoms with Crippen LogP contribution < -0.4 is 4.31 Å². The molecule has 0 saturated carbocycles. The number of rotatable bonds is 6. The van der Waals surface area contributed by atoms with Gasteiger partial charge in [0.2, 0.25) is 0 Å². The van der Waals surface area contributed by atoms with Gasteiger partial charge in [0.25, 0.3) is 15.7 Å². The first-order chi connectivity index (χ1) is 11.3. The number of non-ortho nitro benzene ring substituents is 1. The number of hydrogen-bond acceptors (Lipinski definition) is 4. The maximum Gasteiger partial charge on any atom is 0.270 e. The van der Waals surface area contributed by atoms with Crippen LogP contribution in [-0.2, 0) is 10.0 Å². The molecule has 0 unspecified atom stereocenters. The molecule has 24 heavy (non-hydrogen) atoms. The molecule has 0 aliphatic rings. The highest BCUT2D eigenvalue weighted by Crippen LogP contribution is 2.28. The lowest BCUT2D eigenvalue weighted by atomic mass is 10.3. The van der Waals surface area contributed by atoms with Crippen molar-refractivity contribution in [2.24, 2.45) is 0 Å². The molecule has 0 amide bonds. The highest BCUT2D eigenvalue weighted by atomic mass is 32.2. The number of benzene rings is 2. The second-order valence-electron chi connectivity index (χ2n) is 4.68. The first kappa shape index (κ1) is 17.5. The van der Waals surface area contributed by atoms with Crippen molar-refractivity contribution >= 4 is 21.4 Å². The second kappa shape index (κ2) is 6.75. The van der Waals surface area contributed by atoms with Crippen LogP contribution in [0.1, 0.15) is 0 Å². The summed E-state index contributed by atoms with van der Waals surface area (Å²) >= 11 is 0. The number of anilines is 1. The quantitative estimate of drug-likeness (QED) is 0.453. The Balaban J connectivity index is 2.59. The molecule has 0 radical (unpaired) electrons. The predicted molar refractivity (Wildman–Crippen MR) is 84.2 cm³/mol. The first-order valence-corrected chi connectivity index (χ1v) is 8.04. The average molecular weight is 354 g/mol. The van der Waals surface area contributed by atoms with Gasteiger partial charge in [-0.05, 0) is 18.2 Å². The van der Waals surface area contributed by atoms with E-state index in [2.05, 4.69) is 6.58 Å². The molecule has 6 nitrogen and oxygen atoms in total. The fourth-order valence-electron chi connectivity index (χ4n) is 2.01. The smallest absolute Gasteiger partial charge is 0.260 e. The van der Waals surface area contributed by atoms with E-state index in [0.717, 1.165) is 30.3 Å². The highest BCUT2D eigenvalue weighted by Gasteiger charge is 2.27. The molecule has 0 spiro atoms. The summed E-state index contributed by atoms with van der Waals surface area (Å²) in [6.45, 7) is 3.12. The van der Waals surface area contributed by atoms with E-state index in [1.54, 1.807) is 0 Å². The molecule has 2 aromatic carbocycles. The summed E-state index contributed by atoms with van der Waals surface area (Å²) in [5.41, 5.74) is -0.808. The van der Waals surface area contributed by atoms with Gasteiger partial charge in [0.05, 0.1) is 22.1 Å². The van der Waals surface area contributed by atoms with Crippen LogP contribution in [0.15, 0.2) is 60.0 Å². The van der Waals surface area contributed by atoms with E-state index >= 15 is 0 Å². The summed E-state index contributed by atoms with van der Waals surface area (Å²) in [6, 6.07) is 6.80. The standard InChI is InChI=1S/C15H12F2N2O4S/c1-2-8-18(15-7-6-11(16)9-14(15)17)24(22,23)13-5-3-4-12(10-13)19(20)21/h2-7,9-10H,1,8H2. The summed E-state index contributed by atoms with van der Waals surface area (Å²) in [5.74, 6) is -1.94. The van der Waals surface area contributed by atoms with E-state index in [1.807, 2.05) is 0 Å². The third-order valence-corrected chi connectivity index (χ3v) is 4.87. The monoisotopic (exact) mass is 354 g/mol. The molecule has 0 heterocycles. The Morgan fingerprint density at radius 3 is 2.50 bits per heavy atom. The molecule has 0 fully saturated rings. The van der Waals surface area contributed by atoms with Crippen LogP contribution >= 0.6 is 0 Å². The van der Waals surface area contributed by atoms with E-state index in [4.69, 9.17) is 0 Å². The van der Waals surface area contributed by atoms with Crippen molar-refractivity contribution in [2.45, 2.75) is 4.90 Å². The number of halogens is 2. The van der Waals surface area contributed by atoms with E-state index in [0.29, 0.717) is 10.4 Å². The Morgan fingerprint density at radius 2 is 1.92 bits per heavy atom. The van der Waals surface area contributed by atoms with Gasteiger partial charge in [-0.3, -0.25) is 14.4 Å². The Kier molecular flexibility index (Phi) is 4.93. The third-order valence-electron chi connectivity index (χ3n) is 3.09. The van der Waals surface area contributed by atoms with Crippen LogP contribution in [0.3, 0.4) is 0 Å². The van der Waals surface area contributed by atoms with Crippen LogP contribution in [0.2, 0.25) is 0 Å². The molecule has 0 saturated heterocycles. The SMILES string of the molecule is C=CCN(c1ccc(F)cc1F)S(=O)(=O)c1cccc([N+](=O)[O-])c1. The van der Waals surface area contributed by atoms with Crippen molar-refractivity contribution in [3.05, 3.63) is 76.9 Å². The maximum atomic E-state index is 14.0. The first-order valence-electron chi connectivity index (χ1n) is 6.60. The molecule has 0 aliphatic carbocycles. The molecule has 0 N–H and O–H groups in total. The minimum atomic E-state index is -4.31. The lowest BCUT2D eigenvalue weighted by Gasteiger charge is -2.23. The van der Waals surface area contributed by atoms with Crippen LogP contribution in [0.4, 0.5) is 20.2 Å². The zero-order chi connectivity index (χ0) is 17.9. The van der Waals surface area contributed by atoms with Crippen molar-refractivity contribution in [1.29, 1.82) is 0 Å².